The van der Waals surface area contributed by atoms with E-state index in [1.807, 2.05) is 39.0 Å². The second kappa shape index (κ2) is 6.51. The van der Waals surface area contributed by atoms with Crippen molar-refractivity contribution in [3.05, 3.63) is 29.8 Å². The molecule has 0 saturated carbocycles. The number of anilines is 1. The van der Waals surface area contributed by atoms with Gasteiger partial charge in [-0.15, -0.1) is 0 Å². The maximum atomic E-state index is 9.64. The zero-order valence-electron chi connectivity index (χ0n) is 10.2. The lowest BCUT2D eigenvalue weighted by molar-refractivity contribution is 0.0112. The quantitative estimate of drug-likeness (QED) is 0.776. The summed E-state index contributed by atoms with van der Waals surface area (Å²) >= 11 is 0. The number of rotatable bonds is 6. The molecular formula is C13H21NO2. The van der Waals surface area contributed by atoms with Gasteiger partial charge in [-0.1, -0.05) is 12.1 Å². The Hall–Kier alpha value is -1.06. The van der Waals surface area contributed by atoms with Crippen LogP contribution in [0.4, 0.5) is 5.69 Å². The van der Waals surface area contributed by atoms with Crippen LogP contribution >= 0.6 is 0 Å². The predicted octanol–water partition coefficient (Wildman–Crippen LogP) is 2.19. The molecule has 0 bridgehead atoms. The number of aliphatic hydroxyl groups excluding tert-OH is 1. The van der Waals surface area contributed by atoms with E-state index in [4.69, 9.17) is 4.74 Å². The van der Waals surface area contributed by atoms with Crippen LogP contribution in [0.3, 0.4) is 0 Å². The van der Waals surface area contributed by atoms with Crippen molar-refractivity contribution in [3.63, 3.8) is 0 Å². The number of aryl methyl sites for hydroxylation is 1. The first kappa shape index (κ1) is 13.0. The number of hydrogen-bond donors (Lipinski definition) is 2. The summed E-state index contributed by atoms with van der Waals surface area (Å²) in [6.07, 6.45) is -0.309. The first-order valence-electron chi connectivity index (χ1n) is 5.68. The zero-order chi connectivity index (χ0) is 12.0. The first-order valence-corrected chi connectivity index (χ1v) is 5.68. The molecule has 0 fully saturated rings. The standard InChI is InChI=1S/C13H21NO2/c1-10(2)16-9-13(15)8-14-12-6-4-5-11(3)7-12/h4-7,10,13-15H,8-9H2,1-3H3. The van der Waals surface area contributed by atoms with Gasteiger partial charge in [0.05, 0.1) is 18.8 Å². The Kier molecular flexibility index (Phi) is 5.29. The van der Waals surface area contributed by atoms with Gasteiger partial charge in [0.2, 0.25) is 0 Å². The van der Waals surface area contributed by atoms with Gasteiger partial charge in [0, 0.05) is 12.2 Å². The monoisotopic (exact) mass is 223 g/mol. The second-order valence-electron chi connectivity index (χ2n) is 4.29. The molecule has 1 rings (SSSR count). The Labute approximate surface area is 97.4 Å². The number of ether oxygens (including phenoxy) is 1. The maximum Gasteiger partial charge on any atom is 0.0945 e. The second-order valence-corrected chi connectivity index (χ2v) is 4.29. The summed E-state index contributed by atoms with van der Waals surface area (Å²) in [6, 6.07) is 8.08. The SMILES string of the molecule is Cc1cccc(NCC(O)COC(C)C)c1. The van der Waals surface area contributed by atoms with Crippen molar-refractivity contribution in [1.82, 2.24) is 0 Å². The van der Waals surface area contributed by atoms with Crippen LogP contribution < -0.4 is 5.32 Å². The van der Waals surface area contributed by atoms with Gasteiger partial charge < -0.3 is 15.2 Å². The van der Waals surface area contributed by atoms with Crippen molar-refractivity contribution in [2.75, 3.05) is 18.5 Å². The molecule has 0 aromatic heterocycles. The lowest BCUT2D eigenvalue weighted by atomic mass is 10.2. The van der Waals surface area contributed by atoms with E-state index in [0.717, 1.165) is 5.69 Å². The van der Waals surface area contributed by atoms with Crippen molar-refractivity contribution in [1.29, 1.82) is 0 Å². The van der Waals surface area contributed by atoms with E-state index < -0.39 is 6.10 Å². The molecule has 1 aromatic rings. The molecule has 1 atom stereocenters. The van der Waals surface area contributed by atoms with Crippen LogP contribution in [0.15, 0.2) is 24.3 Å². The molecule has 3 nitrogen and oxygen atoms in total. The predicted molar refractivity (Wildman–Crippen MR) is 66.8 cm³/mol. The number of aliphatic hydroxyl groups is 1. The minimum Gasteiger partial charge on any atom is -0.389 e. The van der Waals surface area contributed by atoms with Crippen LogP contribution in [0, 0.1) is 6.92 Å². The smallest absolute Gasteiger partial charge is 0.0945 e. The number of nitrogens with one attached hydrogen (secondary N) is 1. The molecule has 1 unspecified atom stereocenters. The Morgan fingerprint density at radius 2 is 2.12 bits per heavy atom. The summed E-state index contributed by atoms with van der Waals surface area (Å²) in [5.74, 6) is 0. The summed E-state index contributed by atoms with van der Waals surface area (Å²) in [4.78, 5) is 0. The molecule has 90 valence electrons. The highest BCUT2D eigenvalue weighted by Crippen LogP contribution is 2.09. The Morgan fingerprint density at radius 1 is 1.38 bits per heavy atom. The third kappa shape index (κ3) is 5.14. The fraction of sp³-hybridized carbons (Fsp3) is 0.538. The highest BCUT2D eigenvalue weighted by Gasteiger charge is 2.05. The summed E-state index contributed by atoms with van der Waals surface area (Å²) in [5, 5.41) is 12.8. The Bertz CT molecular complexity index is 313. The van der Waals surface area contributed by atoms with Crippen molar-refractivity contribution in [2.45, 2.75) is 33.0 Å². The molecule has 0 radical (unpaired) electrons. The van der Waals surface area contributed by atoms with Crippen LogP contribution in [0.25, 0.3) is 0 Å². The van der Waals surface area contributed by atoms with E-state index in [9.17, 15) is 5.11 Å². The molecule has 0 saturated heterocycles. The largest absolute Gasteiger partial charge is 0.389 e. The van der Waals surface area contributed by atoms with E-state index in [2.05, 4.69) is 11.4 Å². The van der Waals surface area contributed by atoms with E-state index in [-0.39, 0.29) is 6.10 Å². The van der Waals surface area contributed by atoms with Gasteiger partial charge >= 0.3 is 0 Å². The molecule has 0 spiro atoms. The molecule has 0 aliphatic carbocycles. The zero-order valence-corrected chi connectivity index (χ0v) is 10.2. The van der Waals surface area contributed by atoms with Crippen LogP contribution in [0.5, 0.6) is 0 Å². The Morgan fingerprint density at radius 3 is 2.75 bits per heavy atom. The lowest BCUT2D eigenvalue weighted by Crippen LogP contribution is -2.26. The molecule has 0 amide bonds. The van der Waals surface area contributed by atoms with Crippen LogP contribution in [-0.4, -0.2) is 30.5 Å². The summed E-state index contributed by atoms with van der Waals surface area (Å²) < 4.78 is 5.33. The van der Waals surface area contributed by atoms with Crippen LogP contribution in [0.1, 0.15) is 19.4 Å². The van der Waals surface area contributed by atoms with Gasteiger partial charge in [-0.3, -0.25) is 0 Å². The summed E-state index contributed by atoms with van der Waals surface area (Å²) in [6.45, 7) is 6.84. The molecule has 0 heterocycles. The van der Waals surface area contributed by atoms with Gasteiger partial charge in [-0.25, -0.2) is 0 Å². The van der Waals surface area contributed by atoms with Crippen molar-refractivity contribution >= 4 is 5.69 Å². The minimum absolute atomic E-state index is 0.161. The van der Waals surface area contributed by atoms with Gasteiger partial charge in [-0.2, -0.15) is 0 Å². The van der Waals surface area contributed by atoms with E-state index >= 15 is 0 Å². The lowest BCUT2D eigenvalue weighted by Gasteiger charge is -2.15. The fourth-order valence-electron chi connectivity index (χ4n) is 1.35. The van der Waals surface area contributed by atoms with Crippen LogP contribution in [0.2, 0.25) is 0 Å². The molecule has 0 aliphatic heterocycles. The summed E-state index contributed by atoms with van der Waals surface area (Å²) in [5.41, 5.74) is 2.24. The minimum atomic E-state index is -0.470. The highest BCUT2D eigenvalue weighted by atomic mass is 16.5. The fourth-order valence-corrected chi connectivity index (χ4v) is 1.35. The van der Waals surface area contributed by atoms with E-state index in [1.54, 1.807) is 0 Å². The third-order valence-corrected chi connectivity index (χ3v) is 2.18. The van der Waals surface area contributed by atoms with Crippen molar-refractivity contribution in [2.24, 2.45) is 0 Å². The molecular weight excluding hydrogens is 202 g/mol. The first-order chi connectivity index (χ1) is 7.58. The van der Waals surface area contributed by atoms with Crippen molar-refractivity contribution < 1.29 is 9.84 Å². The van der Waals surface area contributed by atoms with Gasteiger partial charge in [0.25, 0.3) is 0 Å². The average molecular weight is 223 g/mol. The van der Waals surface area contributed by atoms with E-state index in [1.165, 1.54) is 5.56 Å². The molecule has 16 heavy (non-hydrogen) atoms. The van der Waals surface area contributed by atoms with Crippen molar-refractivity contribution in [3.8, 4) is 0 Å². The molecule has 2 N–H and O–H groups in total. The Balaban J connectivity index is 2.28. The third-order valence-electron chi connectivity index (χ3n) is 2.18. The van der Waals surface area contributed by atoms with Gasteiger partial charge in [0.15, 0.2) is 0 Å². The molecule has 0 aliphatic rings. The average Bonchev–Trinajstić information content (AvgIpc) is 2.23. The topological polar surface area (TPSA) is 41.5 Å². The normalized spacial score (nSPS) is 12.8. The van der Waals surface area contributed by atoms with Crippen LogP contribution in [-0.2, 0) is 4.74 Å². The summed E-state index contributed by atoms with van der Waals surface area (Å²) in [7, 11) is 0. The maximum absolute atomic E-state index is 9.64. The number of benzene rings is 1. The van der Waals surface area contributed by atoms with Gasteiger partial charge in [-0.05, 0) is 38.5 Å². The highest BCUT2D eigenvalue weighted by molar-refractivity contribution is 5.45. The molecule has 3 heteroatoms. The number of hydrogen-bond acceptors (Lipinski definition) is 3. The van der Waals surface area contributed by atoms with Gasteiger partial charge in [0.1, 0.15) is 0 Å². The van der Waals surface area contributed by atoms with E-state index in [0.29, 0.717) is 13.2 Å². The molecule has 1 aromatic carbocycles.